The zero-order valence-electron chi connectivity index (χ0n) is 13.7. The lowest BCUT2D eigenvalue weighted by atomic mass is 10.00. The fourth-order valence-electron chi connectivity index (χ4n) is 2.83. The molecular weight excluding hydrogens is 258 g/mol. The predicted molar refractivity (Wildman–Crippen MR) is 91.5 cm³/mol. The summed E-state index contributed by atoms with van der Waals surface area (Å²) >= 11 is 0. The number of benzene rings is 1. The number of aryl methyl sites for hydroxylation is 1. The van der Waals surface area contributed by atoms with Crippen molar-refractivity contribution >= 4 is 0 Å². The van der Waals surface area contributed by atoms with Gasteiger partial charge in [-0.05, 0) is 24.0 Å². The highest BCUT2D eigenvalue weighted by Gasteiger charge is 2.01. The zero-order chi connectivity index (χ0) is 15.2. The molecule has 0 N–H and O–H groups in total. The average Bonchev–Trinajstić information content (AvgIpc) is 2.51. The monoisotopic (exact) mass is 289 g/mol. The molecule has 2 heteroatoms. The summed E-state index contributed by atoms with van der Waals surface area (Å²) < 4.78 is 0. The van der Waals surface area contributed by atoms with Crippen molar-refractivity contribution in [3.63, 3.8) is 0 Å². The van der Waals surface area contributed by atoms with Crippen molar-refractivity contribution in [3.05, 3.63) is 40.3 Å². The lowest BCUT2D eigenvalue weighted by Gasteiger charge is -2.06. The first-order chi connectivity index (χ1) is 10.4. The van der Waals surface area contributed by atoms with Crippen LogP contribution in [0.4, 0.5) is 0 Å². The standard InChI is InChI=1S/C19H31NO/c1-2-3-4-5-6-7-8-9-10-11-14-18-15-12-13-16-19(18)17-20-21/h12-13,15-16H,2-11,14,17H2,1H3. The lowest BCUT2D eigenvalue weighted by molar-refractivity contribution is 0.556. The van der Waals surface area contributed by atoms with E-state index in [1.54, 1.807) is 0 Å². The molecule has 0 atom stereocenters. The van der Waals surface area contributed by atoms with Crippen LogP contribution in [0.1, 0.15) is 82.3 Å². The minimum absolute atomic E-state index is 0.313. The zero-order valence-corrected chi connectivity index (χ0v) is 13.7. The summed E-state index contributed by atoms with van der Waals surface area (Å²) in [5, 5.41) is 3.02. The molecule has 118 valence electrons. The highest BCUT2D eigenvalue weighted by Crippen LogP contribution is 2.15. The molecule has 0 aromatic heterocycles. The molecule has 0 saturated heterocycles. The number of unbranched alkanes of at least 4 members (excludes halogenated alkanes) is 9. The van der Waals surface area contributed by atoms with Gasteiger partial charge in [-0.2, -0.15) is 4.91 Å². The van der Waals surface area contributed by atoms with Crippen molar-refractivity contribution in [1.82, 2.24) is 0 Å². The summed E-state index contributed by atoms with van der Waals surface area (Å²) in [6.45, 7) is 2.58. The number of nitrogens with zero attached hydrogens (tertiary/aromatic N) is 1. The molecule has 1 aromatic carbocycles. The molecule has 1 aromatic rings. The van der Waals surface area contributed by atoms with Gasteiger partial charge in [0.25, 0.3) is 0 Å². The van der Waals surface area contributed by atoms with E-state index in [1.165, 1.54) is 69.8 Å². The van der Waals surface area contributed by atoms with Gasteiger partial charge in [-0.3, -0.25) is 0 Å². The molecule has 21 heavy (non-hydrogen) atoms. The average molecular weight is 289 g/mol. The van der Waals surface area contributed by atoms with Gasteiger partial charge in [0.2, 0.25) is 0 Å². The van der Waals surface area contributed by atoms with E-state index >= 15 is 0 Å². The second-order valence-electron chi connectivity index (χ2n) is 5.99. The Morgan fingerprint density at radius 1 is 0.762 bits per heavy atom. The van der Waals surface area contributed by atoms with Crippen molar-refractivity contribution in [2.45, 2.75) is 84.1 Å². The van der Waals surface area contributed by atoms with Crippen LogP contribution in [0.15, 0.2) is 29.4 Å². The molecule has 0 amide bonds. The number of nitroso groups, excluding NO2 is 1. The molecule has 0 bridgehead atoms. The third-order valence-electron chi connectivity index (χ3n) is 4.15. The van der Waals surface area contributed by atoms with Crippen LogP contribution in [0.5, 0.6) is 0 Å². The molecule has 0 radical (unpaired) electrons. The van der Waals surface area contributed by atoms with Crippen molar-refractivity contribution in [2.75, 3.05) is 0 Å². The second kappa shape index (κ2) is 12.6. The van der Waals surface area contributed by atoms with E-state index in [9.17, 15) is 4.91 Å². The molecule has 0 saturated carbocycles. The van der Waals surface area contributed by atoms with Crippen molar-refractivity contribution < 1.29 is 0 Å². The molecular formula is C19H31NO. The van der Waals surface area contributed by atoms with Crippen LogP contribution in [0.2, 0.25) is 0 Å². The highest BCUT2D eigenvalue weighted by atomic mass is 16.3. The van der Waals surface area contributed by atoms with E-state index in [0.29, 0.717) is 6.54 Å². The fourth-order valence-corrected chi connectivity index (χ4v) is 2.83. The molecule has 0 fully saturated rings. The van der Waals surface area contributed by atoms with Gasteiger partial charge in [0.1, 0.15) is 6.54 Å². The minimum atomic E-state index is 0.313. The Morgan fingerprint density at radius 2 is 1.29 bits per heavy atom. The van der Waals surface area contributed by atoms with Crippen LogP contribution in [0.3, 0.4) is 0 Å². The third kappa shape index (κ3) is 8.64. The summed E-state index contributed by atoms with van der Waals surface area (Å²) in [5.41, 5.74) is 2.40. The molecule has 0 spiro atoms. The van der Waals surface area contributed by atoms with E-state index in [2.05, 4.69) is 24.2 Å². The lowest BCUT2D eigenvalue weighted by Crippen LogP contribution is -1.93. The fraction of sp³-hybridized carbons (Fsp3) is 0.684. The Morgan fingerprint density at radius 3 is 1.86 bits per heavy atom. The third-order valence-corrected chi connectivity index (χ3v) is 4.15. The number of hydrogen-bond donors (Lipinski definition) is 0. The normalized spacial score (nSPS) is 10.7. The summed E-state index contributed by atoms with van der Waals surface area (Å²) in [5.74, 6) is 0. The number of hydrogen-bond acceptors (Lipinski definition) is 2. The Kier molecular flexibility index (Phi) is 10.7. The molecule has 0 heterocycles. The smallest absolute Gasteiger partial charge is 0.106 e. The first-order valence-electron chi connectivity index (χ1n) is 8.74. The maximum Gasteiger partial charge on any atom is 0.106 e. The summed E-state index contributed by atoms with van der Waals surface area (Å²) in [6, 6.07) is 8.20. The first kappa shape index (κ1) is 17.9. The van der Waals surface area contributed by atoms with Crippen LogP contribution in [0, 0.1) is 4.91 Å². The van der Waals surface area contributed by atoms with Gasteiger partial charge in [-0.25, -0.2) is 0 Å². The maximum absolute atomic E-state index is 10.4. The van der Waals surface area contributed by atoms with Gasteiger partial charge < -0.3 is 0 Å². The summed E-state index contributed by atoms with van der Waals surface area (Å²) in [6.07, 6.45) is 14.7. The first-order valence-corrected chi connectivity index (χ1v) is 8.74. The topological polar surface area (TPSA) is 29.4 Å². The van der Waals surface area contributed by atoms with Gasteiger partial charge in [-0.1, -0.05) is 94.2 Å². The molecule has 0 aliphatic carbocycles. The van der Waals surface area contributed by atoms with Crippen molar-refractivity contribution in [2.24, 2.45) is 5.18 Å². The molecule has 2 nitrogen and oxygen atoms in total. The SMILES string of the molecule is CCCCCCCCCCCCc1ccccc1CN=O. The van der Waals surface area contributed by atoms with Crippen LogP contribution in [-0.2, 0) is 13.0 Å². The molecule has 0 aliphatic rings. The van der Waals surface area contributed by atoms with Gasteiger partial charge >= 0.3 is 0 Å². The number of rotatable bonds is 13. The largest absolute Gasteiger partial charge is 0.150 e. The summed E-state index contributed by atoms with van der Waals surface area (Å²) in [4.78, 5) is 10.4. The highest BCUT2D eigenvalue weighted by molar-refractivity contribution is 5.27. The Labute approximate surface area is 130 Å². The van der Waals surface area contributed by atoms with Crippen molar-refractivity contribution in [1.29, 1.82) is 0 Å². The quantitative estimate of drug-likeness (QED) is 0.304. The van der Waals surface area contributed by atoms with Gasteiger partial charge in [0.15, 0.2) is 0 Å². The molecule has 0 aliphatic heterocycles. The van der Waals surface area contributed by atoms with E-state index in [1.807, 2.05) is 12.1 Å². The van der Waals surface area contributed by atoms with E-state index < -0.39 is 0 Å². The summed E-state index contributed by atoms with van der Waals surface area (Å²) in [7, 11) is 0. The Balaban J connectivity index is 2.03. The van der Waals surface area contributed by atoms with Crippen LogP contribution < -0.4 is 0 Å². The molecule has 0 unspecified atom stereocenters. The van der Waals surface area contributed by atoms with Crippen LogP contribution in [-0.4, -0.2) is 0 Å². The minimum Gasteiger partial charge on any atom is -0.150 e. The van der Waals surface area contributed by atoms with Gasteiger partial charge in [-0.15, -0.1) is 0 Å². The van der Waals surface area contributed by atoms with Crippen molar-refractivity contribution in [3.8, 4) is 0 Å². The predicted octanol–water partition coefficient (Wildman–Crippen LogP) is 6.42. The maximum atomic E-state index is 10.4. The Bertz CT molecular complexity index is 376. The van der Waals surface area contributed by atoms with E-state index in [4.69, 9.17) is 0 Å². The van der Waals surface area contributed by atoms with Crippen LogP contribution in [0.25, 0.3) is 0 Å². The van der Waals surface area contributed by atoms with E-state index in [-0.39, 0.29) is 0 Å². The van der Waals surface area contributed by atoms with Gasteiger partial charge in [0.05, 0.1) is 0 Å². The molecule has 1 rings (SSSR count). The second-order valence-corrected chi connectivity index (χ2v) is 5.99. The Hall–Kier alpha value is -1.18. The van der Waals surface area contributed by atoms with E-state index in [0.717, 1.165) is 12.0 Å². The van der Waals surface area contributed by atoms with Crippen LogP contribution >= 0.6 is 0 Å². The van der Waals surface area contributed by atoms with Gasteiger partial charge in [0, 0.05) is 0 Å².